The minimum atomic E-state index is -0.255. The van der Waals surface area contributed by atoms with E-state index in [0.717, 1.165) is 12.0 Å². The van der Waals surface area contributed by atoms with E-state index in [4.69, 9.17) is 4.74 Å². The van der Waals surface area contributed by atoms with Crippen molar-refractivity contribution in [1.82, 2.24) is 0 Å². The van der Waals surface area contributed by atoms with E-state index >= 15 is 0 Å². The van der Waals surface area contributed by atoms with E-state index in [2.05, 4.69) is 5.32 Å². The SMILES string of the molecule is CC[C@@H](C)OCC(=O)Nc1c(C)cccc1O. The lowest BCUT2D eigenvalue weighted by Crippen LogP contribution is -2.22. The molecule has 1 rings (SSSR count). The van der Waals surface area contributed by atoms with Crippen LogP contribution in [0.1, 0.15) is 25.8 Å². The molecule has 0 spiro atoms. The fourth-order valence-electron chi connectivity index (χ4n) is 1.33. The molecule has 4 heteroatoms. The summed E-state index contributed by atoms with van der Waals surface area (Å²) in [6, 6.07) is 5.10. The Kier molecular flexibility index (Phi) is 4.97. The highest BCUT2D eigenvalue weighted by Gasteiger charge is 2.10. The number of carbonyl (C=O) groups is 1. The van der Waals surface area contributed by atoms with Gasteiger partial charge in [0.2, 0.25) is 5.91 Å². The van der Waals surface area contributed by atoms with Crippen LogP contribution in [0.2, 0.25) is 0 Å². The number of aryl methyl sites for hydroxylation is 1. The van der Waals surface area contributed by atoms with E-state index in [1.165, 1.54) is 6.07 Å². The molecule has 0 bridgehead atoms. The van der Waals surface area contributed by atoms with Crippen LogP contribution in [0, 0.1) is 6.92 Å². The molecule has 0 aliphatic heterocycles. The lowest BCUT2D eigenvalue weighted by Gasteiger charge is -2.12. The van der Waals surface area contributed by atoms with Gasteiger partial charge in [0.1, 0.15) is 12.4 Å². The minimum absolute atomic E-state index is 0.00276. The lowest BCUT2D eigenvalue weighted by atomic mass is 10.2. The van der Waals surface area contributed by atoms with Crippen LogP contribution < -0.4 is 5.32 Å². The molecule has 0 saturated carbocycles. The average Bonchev–Trinajstić information content (AvgIpc) is 2.31. The van der Waals surface area contributed by atoms with Crippen LogP contribution in [-0.4, -0.2) is 23.7 Å². The molecule has 0 aliphatic carbocycles. The highest BCUT2D eigenvalue weighted by molar-refractivity contribution is 5.93. The molecule has 0 heterocycles. The van der Waals surface area contributed by atoms with Gasteiger partial charge in [-0.3, -0.25) is 4.79 Å². The number of amides is 1. The number of benzene rings is 1. The largest absolute Gasteiger partial charge is 0.506 e. The highest BCUT2D eigenvalue weighted by Crippen LogP contribution is 2.26. The summed E-state index contributed by atoms with van der Waals surface area (Å²) in [4.78, 5) is 11.6. The number of hydrogen-bond donors (Lipinski definition) is 2. The molecular formula is C13H19NO3. The molecule has 0 saturated heterocycles. The Bertz CT molecular complexity index is 370. The first-order valence-corrected chi connectivity index (χ1v) is 5.74. The second kappa shape index (κ2) is 6.25. The second-order valence-electron chi connectivity index (χ2n) is 4.05. The van der Waals surface area contributed by atoms with E-state index in [0.29, 0.717) is 5.69 Å². The number of anilines is 1. The number of aromatic hydroxyl groups is 1. The molecule has 0 fully saturated rings. The van der Waals surface area contributed by atoms with Crippen molar-refractivity contribution in [2.75, 3.05) is 11.9 Å². The van der Waals surface area contributed by atoms with Gasteiger partial charge in [0.15, 0.2) is 0 Å². The molecular weight excluding hydrogens is 218 g/mol. The molecule has 17 heavy (non-hydrogen) atoms. The molecule has 0 aliphatic rings. The number of ether oxygens (including phenoxy) is 1. The van der Waals surface area contributed by atoms with Crippen molar-refractivity contribution in [3.8, 4) is 5.75 Å². The number of nitrogens with one attached hydrogen (secondary N) is 1. The summed E-state index contributed by atoms with van der Waals surface area (Å²) < 4.78 is 5.31. The zero-order chi connectivity index (χ0) is 12.8. The normalized spacial score (nSPS) is 12.2. The van der Waals surface area contributed by atoms with E-state index in [-0.39, 0.29) is 24.4 Å². The topological polar surface area (TPSA) is 58.6 Å². The Labute approximate surface area is 102 Å². The average molecular weight is 237 g/mol. The molecule has 1 amide bonds. The molecule has 1 aromatic carbocycles. The van der Waals surface area contributed by atoms with Gasteiger partial charge in [-0.15, -0.1) is 0 Å². The van der Waals surface area contributed by atoms with Crippen LogP contribution in [0.4, 0.5) is 5.69 Å². The third kappa shape index (κ3) is 4.07. The summed E-state index contributed by atoms with van der Waals surface area (Å²) in [7, 11) is 0. The van der Waals surface area contributed by atoms with Gasteiger partial charge in [-0.2, -0.15) is 0 Å². The van der Waals surface area contributed by atoms with Crippen molar-refractivity contribution in [3.05, 3.63) is 23.8 Å². The molecule has 0 aromatic heterocycles. The van der Waals surface area contributed by atoms with Gasteiger partial charge >= 0.3 is 0 Å². The maximum Gasteiger partial charge on any atom is 0.250 e. The first-order valence-electron chi connectivity index (χ1n) is 5.74. The Balaban J connectivity index is 2.56. The Morgan fingerprint density at radius 2 is 2.24 bits per heavy atom. The number of phenols is 1. The van der Waals surface area contributed by atoms with Crippen molar-refractivity contribution < 1.29 is 14.6 Å². The van der Waals surface area contributed by atoms with Gasteiger partial charge in [-0.25, -0.2) is 0 Å². The van der Waals surface area contributed by atoms with Gasteiger partial charge < -0.3 is 15.2 Å². The lowest BCUT2D eigenvalue weighted by molar-refractivity contribution is -0.122. The highest BCUT2D eigenvalue weighted by atomic mass is 16.5. The summed E-state index contributed by atoms with van der Waals surface area (Å²) in [5.74, 6) is -0.184. The molecule has 0 unspecified atom stereocenters. The van der Waals surface area contributed by atoms with Crippen LogP contribution in [0.15, 0.2) is 18.2 Å². The van der Waals surface area contributed by atoms with Crippen LogP contribution in [0.25, 0.3) is 0 Å². The molecule has 0 radical (unpaired) electrons. The van der Waals surface area contributed by atoms with Crippen molar-refractivity contribution in [2.24, 2.45) is 0 Å². The summed E-state index contributed by atoms with van der Waals surface area (Å²) >= 11 is 0. The monoisotopic (exact) mass is 237 g/mol. The van der Waals surface area contributed by atoms with Crippen molar-refractivity contribution in [1.29, 1.82) is 0 Å². The van der Waals surface area contributed by atoms with Gasteiger partial charge in [-0.1, -0.05) is 19.1 Å². The second-order valence-corrected chi connectivity index (χ2v) is 4.05. The Hall–Kier alpha value is -1.55. The summed E-state index contributed by atoms with van der Waals surface area (Å²) in [6.07, 6.45) is 0.925. The van der Waals surface area contributed by atoms with Gasteiger partial charge in [0.05, 0.1) is 11.8 Å². The number of rotatable bonds is 5. The maximum absolute atomic E-state index is 11.6. The standard InChI is InChI=1S/C13H19NO3/c1-4-10(3)17-8-12(16)14-13-9(2)6-5-7-11(13)15/h5-7,10,15H,4,8H2,1-3H3,(H,14,16)/t10-/m1/s1. The third-order valence-corrected chi connectivity index (χ3v) is 2.59. The minimum Gasteiger partial charge on any atom is -0.506 e. The number of carbonyl (C=O) groups excluding carboxylic acids is 1. The number of para-hydroxylation sites is 1. The molecule has 4 nitrogen and oxygen atoms in total. The summed E-state index contributed by atoms with van der Waals surface area (Å²) in [6.45, 7) is 5.74. The third-order valence-electron chi connectivity index (χ3n) is 2.59. The van der Waals surface area contributed by atoms with E-state index in [1.54, 1.807) is 6.07 Å². The van der Waals surface area contributed by atoms with E-state index < -0.39 is 0 Å². The fraction of sp³-hybridized carbons (Fsp3) is 0.462. The Morgan fingerprint density at radius 3 is 2.82 bits per heavy atom. The summed E-state index contributed by atoms with van der Waals surface area (Å²) in [5.41, 5.74) is 1.27. The number of phenolic OH excluding ortho intramolecular Hbond substituents is 1. The smallest absolute Gasteiger partial charge is 0.250 e. The van der Waals surface area contributed by atoms with Gasteiger partial charge in [0.25, 0.3) is 0 Å². The van der Waals surface area contributed by atoms with Crippen LogP contribution in [0.5, 0.6) is 5.75 Å². The van der Waals surface area contributed by atoms with Crippen molar-refractivity contribution in [3.63, 3.8) is 0 Å². The molecule has 94 valence electrons. The molecule has 1 atom stereocenters. The predicted molar refractivity (Wildman–Crippen MR) is 67.2 cm³/mol. The first kappa shape index (κ1) is 13.5. The molecule has 1 aromatic rings. The first-order chi connectivity index (χ1) is 8.04. The van der Waals surface area contributed by atoms with Crippen LogP contribution in [0.3, 0.4) is 0 Å². The van der Waals surface area contributed by atoms with Crippen LogP contribution in [-0.2, 0) is 9.53 Å². The van der Waals surface area contributed by atoms with Gasteiger partial charge in [-0.05, 0) is 31.9 Å². The number of hydrogen-bond acceptors (Lipinski definition) is 3. The van der Waals surface area contributed by atoms with Crippen LogP contribution >= 0.6 is 0 Å². The predicted octanol–water partition coefficient (Wildman–Crippen LogP) is 2.45. The van der Waals surface area contributed by atoms with Crippen molar-refractivity contribution >= 4 is 11.6 Å². The van der Waals surface area contributed by atoms with E-state index in [1.807, 2.05) is 26.8 Å². The maximum atomic E-state index is 11.6. The van der Waals surface area contributed by atoms with Gasteiger partial charge in [0, 0.05) is 0 Å². The fourth-order valence-corrected chi connectivity index (χ4v) is 1.33. The zero-order valence-corrected chi connectivity index (χ0v) is 10.5. The Morgan fingerprint density at radius 1 is 1.53 bits per heavy atom. The van der Waals surface area contributed by atoms with E-state index in [9.17, 15) is 9.90 Å². The van der Waals surface area contributed by atoms with Crippen molar-refractivity contribution in [2.45, 2.75) is 33.3 Å². The quantitative estimate of drug-likeness (QED) is 0.773. The zero-order valence-electron chi connectivity index (χ0n) is 10.5. The summed E-state index contributed by atoms with van der Waals surface area (Å²) in [5, 5.41) is 12.3. The molecule has 2 N–H and O–H groups in total.